The average Bonchev–Trinajstić information content (AvgIpc) is 2.39. The number of hydrogen-bond donors (Lipinski definition) is 0. The molecule has 5 rings (SSSR count). The second-order valence-corrected chi connectivity index (χ2v) is 5.62. The molecule has 1 heteroatoms. The Kier molecular flexibility index (Phi) is 1.77. The van der Waals surface area contributed by atoms with Crippen LogP contribution in [0, 0.1) is 0 Å². The van der Waals surface area contributed by atoms with E-state index in [2.05, 4.69) is 54.4 Å². The number of nitrogens with zero attached hydrogens (tertiary/aromatic N) is 1. The van der Waals surface area contributed by atoms with Gasteiger partial charge in [0.2, 0.25) is 0 Å². The van der Waals surface area contributed by atoms with E-state index in [1.54, 1.807) is 11.1 Å². The van der Waals surface area contributed by atoms with E-state index in [1.807, 2.05) is 0 Å². The number of likely N-dealkylation sites (N-methyl/N-ethyl adjacent to an activating group) is 1. The van der Waals surface area contributed by atoms with Crippen molar-refractivity contribution in [3.8, 4) is 0 Å². The summed E-state index contributed by atoms with van der Waals surface area (Å²) in [5.41, 5.74) is 4.96. The lowest BCUT2D eigenvalue weighted by atomic mass is 9.59. The fraction of sp³-hybridized carbons (Fsp3) is 0.375. The van der Waals surface area contributed by atoms with Crippen LogP contribution in [-0.4, -0.2) is 25.0 Å². The van der Waals surface area contributed by atoms with Gasteiger partial charge in [-0.05, 0) is 36.7 Å². The maximum absolute atomic E-state index is 2.50. The molecule has 4 aliphatic rings. The van der Waals surface area contributed by atoms with E-state index in [1.165, 1.54) is 18.5 Å². The van der Waals surface area contributed by atoms with E-state index < -0.39 is 0 Å². The van der Waals surface area contributed by atoms with Crippen molar-refractivity contribution in [1.29, 1.82) is 0 Å². The molecule has 1 aromatic rings. The number of hydrogen-bond acceptors (Lipinski definition) is 1. The Hall–Kier alpha value is -1.34. The largest absolute Gasteiger partial charge is 0.302 e. The first kappa shape index (κ1) is 9.67. The van der Waals surface area contributed by atoms with Crippen molar-refractivity contribution >= 4 is 0 Å². The van der Waals surface area contributed by atoms with Gasteiger partial charge in [0.1, 0.15) is 0 Å². The zero-order valence-corrected chi connectivity index (χ0v) is 10.2. The summed E-state index contributed by atoms with van der Waals surface area (Å²) in [6, 6.07) is 9.01. The molecule has 0 saturated carbocycles. The van der Waals surface area contributed by atoms with Gasteiger partial charge in [0, 0.05) is 17.9 Å². The third-order valence-corrected chi connectivity index (χ3v) is 4.67. The van der Waals surface area contributed by atoms with Gasteiger partial charge in [-0.25, -0.2) is 0 Å². The molecule has 0 amide bonds. The van der Waals surface area contributed by atoms with E-state index in [4.69, 9.17) is 0 Å². The van der Waals surface area contributed by atoms with Gasteiger partial charge in [-0.15, -0.1) is 0 Å². The second-order valence-electron chi connectivity index (χ2n) is 5.62. The number of rotatable bonds is 0. The highest BCUT2D eigenvalue weighted by atomic mass is 15.1. The summed E-state index contributed by atoms with van der Waals surface area (Å²) in [5.74, 6) is 0.523. The predicted molar refractivity (Wildman–Crippen MR) is 70.2 cm³/mol. The highest BCUT2D eigenvalue weighted by molar-refractivity contribution is 5.59. The molecular formula is C16H17N. The number of likely N-dealkylation sites (tertiary alicyclic amines) is 1. The fourth-order valence-corrected chi connectivity index (χ4v) is 3.76. The molecule has 2 bridgehead atoms. The fourth-order valence-electron chi connectivity index (χ4n) is 3.76. The van der Waals surface area contributed by atoms with E-state index in [0.29, 0.717) is 5.92 Å². The van der Waals surface area contributed by atoms with Crippen LogP contribution < -0.4 is 0 Å². The lowest BCUT2D eigenvalue weighted by molar-refractivity contribution is 0.269. The first-order valence-corrected chi connectivity index (χ1v) is 6.48. The summed E-state index contributed by atoms with van der Waals surface area (Å²) in [6.07, 6.45) is 8.60. The summed E-state index contributed by atoms with van der Waals surface area (Å²) < 4.78 is 0. The molecular weight excluding hydrogens is 206 g/mol. The van der Waals surface area contributed by atoms with Crippen LogP contribution in [0.5, 0.6) is 0 Å². The number of benzene rings is 1. The van der Waals surface area contributed by atoms with Crippen LogP contribution in [0.2, 0.25) is 0 Å². The average molecular weight is 223 g/mol. The molecule has 1 aliphatic heterocycles. The minimum atomic E-state index is 0.234. The van der Waals surface area contributed by atoms with E-state index >= 15 is 0 Å². The third kappa shape index (κ3) is 1.13. The summed E-state index contributed by atoms with van der Waals surface area (Å²) in [6.45, 7) is 2.33. The molecule has 1 heterocycles. The van der Waals surface area contributed by atoms with Crippen LogP contribution >= 0.6 is 0 Å². The maximum Gasteiger partial charge on any atom is 0.0369 e. The van der Waals surface area contributed by atoms with Crippen molar-refractivity contribution in [2.45, 2.75) is 17.8 Å². The van der Waals surface area contributed by atoms with E-state index in [-0.39, 0.29) is 5.41 Å². The molecule has 3 aliphatic carbocycles. The van der Waals surface area contributed by atoms with Crippen LogP contribution in [0.15, 0.2) is 48.1 Å². The Morgan fingerprint density at radius 3 is 3.12 bits per heavy atom. The van der Waals surface area contributed by atoms with Gasteiger partial charge in [-0.1, -0.05) is 42.5 Å². The molecule has 1 aromatic carbocycles. The van der Waals surface area contributed by atoms with Crippen LogP contribution in [0.4, 0.5) is 0 Å². The minimum absolute atomic E-state index is 0.234. The zero-order valence-electron chi connectivity index (χ0n) is 10.2. The van der Waals surface area contributed by atoms with Crippen LogP contribution in [0.3, 0.4) is 0 Å². The Balaban J connectivity index is 1.95. The number of piperidine rings is 1. The molecule has 17 heavy (non-hydrogen) atoms. The van der Waals surface area contributed by atoms with Gasteiger partial charge in [0.15, 0.2) is 0 Å². The molecule has 1 spiro atoms. The SMILES string of the molecule is CN1CC[C@@]23C=C[C@@H](C=C2C1)c1ccccc13. The first-order valence-electron chi connectivity index (χ1n) is 6.48. The lowest BCUT2D eigenvalue weighted by Gasteiger charge is -2.48. The predicted octanol–water partition coefficient (Wildman–Crippen LogP) is 2.85. The van der Waals surface area contributed by atoms with Crippen molar-refractivity contribution in [1.82, 2.24) is 4.90 Å². The van der Waals surface area contributed by atoms with Gasteiger partial charge in [0.25, 0.3) is 0 Å². The molecule has 1 saturated heterocycles. The van der Waals surface area contributed by atoms with Gasteiger partial charge >= 0.3 is 0 Å². The highest BCUT2D eigenvalue weighted by Gasteiger charge is 2.44. The van der Waals surface area contributed by atoms with Crippen LogP contribution in [-0.2, 0) is 5.41 Å². The van der Waals surface area contributed by atoms with Gasteiger partial charge in [0.05, 0.1) is 0 Å². The Bertz CT molecular complexity index is 540. The first-order chi connectivity index (χ1) is 8.29. The van der Waals surface area contributed by atoms with Crippen molar-refractivity contribution in [2.75, 3.05) is 20.1 Å². The Morgan fingerprint density at radius 1 is 1.29 bits per heavy atom. The molecule has 2 atom stereocenters. The lowest BCUT2D eigenvalue weighted by Crippen LogP contribution is -2.46. The van der Waals surface area contributed by atoms with Crippen molar-refractivity contribution < 1.29 is 0 Å². The zero-order chi connectivity index (χ0) is 11.5. The van der Waals surface area contributed by atoms with E-state index in [9.17, 15) is 0 Å². The molecule has 0 unspecified atom stereocenters. The minimum Gasteiger partial charge on any atom is -0.302 e. The Morgan fingerprint density at radius 2 is 2.18 bits per heavy atom. The summed E-state index contributed by atoms with van der Waals surface area (Å²) in [7, 11) is 2.23. The monoisotopic (exact) mass is 223 g/mol. The summed E-state index contributed by atoms with van der Waals surface area (Å²) in [5, 5.41) is 0. The molecule has 0 aromatic heterocycles. The molecule has 0 N–H and O–H groups in total. The normalized spacial score (nSPS) is 34.2. The second kappa shape index (κ2) is 3.11. The smallest absolute Gasteiger partial charge is 0.0369 e. The van der Waals surface area contributed by atoms with Gasteiger partial charge < -0.3 is 4.90 Å². The standard InChI is InChI=1S/C16H17N/c1-17-9-8-16-7-6-12(10-13(16)11-17)14-4-2-3-5-15(14)16/h2-7,10,12H,8-9,11H2,1H3/t12-,16-/m0/s1. The van der Waals surface area contributed by atoms with Gasteiger partial charge in [-0.3, -0.25) is 0 Å². The summed E-state index contributed by atoms with van der Waals surface area (Å²) in [4.78, 5) is 2.44. The molecule has 0 radical (unpaired) electrons. The van der Waals surface area contributed by atoms with Crippen molar-refractivity contribution in [3.05, 3.63) is 59.2 Å². The van der Waals surface area contributed by atoms with Crippen molar-refractivity contribution in [2.24, 2.45) is 0 Å². The Labute approximate surface area is 102 Å². The van der Waals surface area contributed by atoms with Gasteiger partial charge in [-0.2, -0.15) is 0 Å². The van der Waals surface area contributed by atoms with Crippen LogP contribution in [0.1, 0.15) is 23.5 Å². The number of allylic oxidation sites excluding steroid dienone is 3. The molecule has 1 nitrogen and oxygen atoms in total. The van der Waals surface area contributed by atoms with Crippen molar-refractivity contribution in [3.63, 3.8) is 0 Å². The topological polar surface area (TPSA) is 3.24 Å². The van der Waals surface area contributed by atoms with E-state index in [0.717, 1.165) is 6.54 Å². The molecule has 86 valence electrons. The summed E-state index contributed by atoms with van der Waals surface area (Å²) >= 11 is 0. The van der Waals surface area contributed by atoms with Crippen LogP contribution in [0.25, 0.3) is 0 Å². The molecule has 1 fully saturated rings. The highest BCUT2D eigenvalue weighted by Crippen LogP contribution is 2.52. The quantitative estimate of drug-likeness (QED) is 0.611. The maximum atomic E-state index is 2.50. The third-order valence-electron chi connectivity index (χ3n) is 4.67.